The fourth-order valence-corrected chi connectivity index (χ4v) is 3.42. The van der Waals surface area contributed by atoms with Gasteiger partial charge < -0.3 is 10.3 Å². The minimum absolute atomic E-state index is 0.0180. The average molecular weight is 378 g/mol. The average Bonchev–Trinajstić information content (AvgIpc) is 3.04. The van der Waals surface area contributed by atoms with Crippen LogP contribution in [-0.4, -0.2) is 39.5 Å². The van der Waals surface area contributed by atoms with Gasteiger partial charge in [-0.3, -0.25) is 4.79 Å². The van der Waals surface area contributed by atoms with Crippen LogP contribution in [-0.2, 0) is 14.8 Å². The molecule has 11 heteroatoms. The van der Waals surface area contributed by atoms with Gasteiger partial charge in [0.1, 0.15) is 16.9 Å². The number of primary sulfonamides is 1. The predicted octanol–water partition coefficient (Wildman–Crippen LogP) is 1.12. The van der Waals surface area contributed by atoms with Crippen LogP contribution < -0.4 is 10.5 Å². The molecular formula is C14H14N6O3S2. The van der Waals surface area contributed by atoms with E-state index < -0.39 is 15.3 Å². The standard InChI is InChI=1S/C14H14N6O3S2/c1-8(24-14-11-12(17-6-16-11)18-7-19-14)13(21)20-9-2-4-10(5-3-9)25(15,22)23/h2-8H,1H3,(H,20,21)(H2,15,22,23)(H,16,17,18,19). The second kappa shape index (κ2) is 6.78. The molecule has 1 atom stereocenters. The highest BCUT2D eigenvalue weighted by Crippen LogP contribution is 2.26. The molecule has 0 saturated carbocycles. The number of imidazole rings is 1. The quantitative estimate of drug-likeness (QED) is 0.446. The number of benzene rings is 1. The number of nitrogens with zero attached hydrogens (tertiary/aromatic N) is 3. The largest absolute Gasteiger partial charge is 0.341 e. The van der Waals surface area contributed by atoms with Gasteiger partial charge in [0.15, 0.2) is 5.65 Å². The minimum atomic E-state index is -3.76. The van der Waals surface area contributed by atoms with Gasteiger partial charge in [-0.05, 0) is 31.2 Å². The molecule has 9 nitrogen and oxygen atoms in total. The second-order valence-electron chi connectivity index (χ2n) is 5.10. The van der Waals surface area contributed by atoms with E-state index in [-0.39, 0.29) is 10.8 Å². The number of fused-ring (bicyclic) bond motifs is 1. The third-order valence-electron chi connectivity index (χ3n) is 3.30. The van der Waals surface area contributed by atoms with Crippen LogP contribution in [0.2, 0.25) is 0 Å². The van der Waals surface area contributed by atoms with Crippen LogP contribution in [0, 0.1) is 0 Å². The molecule has 130 valence electrons. The Morgan fingerprint density at radius 2 is 1.96 bits per heavy atom. The summed E-state index contributed by atoms with van der Waals surface area (Å²) in [5.74, 6) is -0.250. The van der Waals surface area contributed by atoms with Crippen LogP contribution in [0.5, 0.6) is 0 Å². The maximum atomic E-state index is 12.3. The Morgan fingerprint density at radius 3 is 2.64 bits per heavy atom. The van der Waals surface area contributed by atoms with Gasteiger partial charge in [-0.1, -0.05) is 11.8 Å². The van der Waals surface area contributed by atoms with Crippen molar-refractivity contribution in [2.24, 2.45) is 5.14 Å². The summed E-state index contributed by atoms with van der Waals surface area (Å²) >= 11 is 1.26. The number of nitrogens with one attached hydrogen (secondary N) is 2. The van der Waals surface area contributed by atoms with Gasteiger partial charge in [0.25, 0.3) is 0 Å². The van der Waals surface area contributed by atoms with E-state index in [1.165, 1.54) is 48.7 Å². The molecule has 1 amide bonds. The molecule has 25 heavy (non-hydrogen) atoms. The van der Waals surface area contributed by atoms with Crippen LogP contribution >= 0.6 is 11.8 Å². The summed E-state index contributed by atoms with van der Waals surface area (Å²) in [6.45, 7) is 1.74. The van der Waals surface area contributed by atoms with E-state index >= 15 is 0 Å². The number of nitrogens with two attached hydrogens (primary N) is 1. The van der Waals surface area contributed by atoms with E-state index in [1.54, 1.807) is 6.92 Å². The van der Waals surface area contributed by atoms with Crippen molar-refractivity contribution >= 4 is 44.5 Å². The fraction of sp³-hybridized carbons (Fsp3) is 0.143. The normalized spacial score (nSPS) is 12.9. The lowest BCUT2D eigenvalue weighted by Gasteiger charge is -2.12. The number of thioether (sulfide) groups is 1. The number of rotatable bonds is 5. The molecule has 0 spiro atoms. The summed E-state index contributed by atoms with van der Waals surface area (Å²) in [4.78, 5) is 27.5. The van der Waals surface area contributed by atoms with Gasteiger partial charge in [0.05, 0.1) is 16.5 Å². The van der Waals surface area contributed by atoms with Crippen molar-refractivity contribution in [2.45, 2.75) is 22.1 Å². The highest BCUT2D eigenvalue weighted by molar-refractivity contribution is 8.00. The Morgan fingerprint density at radius 1 is 1.24 bits per heavy atom. The van der Waals surface area contributed by atoms with Gasteiger partial charge in [0, 0.05) is 5.69 Å². The lowest BCUT2D eigenvalue weighted by Crippen LogP contribution is -2.22. The van der Waals surface area contributed by atoms with Crippen molar-refractivity contribution in [1.29, 1.82) is 0 Å². The van der Waals surface area contributed by atoms with Crippen LogP contribution in [0.15, 0.2) is 46.8 Å². The maximum absolute atomic E-state index is 12.3. The highest BCUT2D eigenvalue weighted by Gasteiger charge is 2.18. The molecular weight excluding hydrogens is 364 g/mol. The number of aromatic nitrogens is 4. The van der Waals surface area contributed by atoms with E-state index in [4.69, 9.17) is 5.14 Å². The molecule has 3 aromatic rings. The first-order valence-electron chi connectivity index (χ1n) is 7.09. The molecule has 0 aliphatic heterocycles. The number of hydrogen-bond acceptors (Lipinski definition) is 7. The highest BCUT2D eigenvalue weighted by atomic mass is 32.2. The van der Waals surface area contributed by atoms with Crippen molar-refractivity contribution in [3.8, 4) is 0 Å². The molecule has 0 saturated heterocycles. The topological polar surface area (TPSA) is 144 Å². The molecule has 1 aromatic carbocycles. The third kappa shape index (κ3) is 3.95. The molecule has 0 fully saturated rings. The number of hydrogen-bond donors (Lipinski definition) is 3. The number of aromatic amines is 1. The van der Waals surface area contributed by atoms with Crippen LogP contribution in [0.1, 0.15) is 6.92 Å². The molecule has 4 N–H and O–H groups in total. The van der Waals surface area contributed by atoms with Crippen LogP contribution in [0.25, 0.3) is 11.2 Å². The van der Waals surface area contributed by atoms with Gasteiger partial charge in [-0.2, -0.15) is 0 Å². The lowest BCUT2D eigenvalue weighted by atomic mass is 10.3. The van der Waals surface area contributed by atoms with Gasteiger partial charge >= 0.3 is 0 Å². The van der Waals surface area contributed by atoms with E-state index in [0.29, 0.717) is 21.9 Å². The summed E-state index contributed by atoms with van der Waals surface area (Å²) in [5.41, 5.74) is 1.67. The van der Waals surface area contributed by atoms with Gasteiger partial charge in [-0.15, -0.1) is 0 Å². The Labute approximate surface area is 147 Å². The molecule has 1 unspecified atom stereocenters. The maximum Gasteiger partial charge on any atom is 0.238 e. The Balaban J connectivity index is 1.69. The summed E-state index contributed by atoms with van der Waals surface area (Å²) in [5, 5.41) is 7.93. The van der Waals surface area contributed by atoms with E-state index in [1.807, 2.05) is 0 Å². The zero-order valence-electron chi connectivity index (χ0n) is 13.0. The van der Waals surface area contributed by atoms with E-state index in [0.717, 1.165) is 0 Å². The van der Waals surface area contributed by atoms with Gasteiger partial charge in [-0.25, -0.2) is 28.5 Å². The Bertz CT molecular complexity index is 1020. The zero-order valence-corrected chi connectivity index (χ0v) is 14.6. The molecule has 0 bridgehead atoms. The third-order valence-corrected chi connectivity index (χ3v) is 5.33. The number of amides is 1. The van der Waals surface area contributed by atoms with Crippen molar-refractivity contribution < 1.29 is 13.2 Å². The van der Waals surface area contributed by atoms with Gasteiger partial charge in [0.2, 0.25) is 15.9 Å². The second-order valence-corrected chi connectivity index (χ2v) is 7.99. The molecule has 0 radical (unpaired) electrons. The van der Waals surface area contributed by atoms with E-state index in [2.05, 4.69) is 25.3 Å². The number of sulfonamides is 1. The summed E-state index contributed by atoms with van der Waals surface area (Å²) in [7, 11) is -3.76. The fourth-order valence-electron chi connectivity index (χ4n) is 2.03. The van der Waals surface area contributed by atoms with E-state index in [9.17, 15) is 13.2 Å². The molecule has 0 aliphatic rings. The number of H-pyrrole nitrogens is 1. The smallest absolute Gasteiger partial charge is 0.238 e. The molecule has 3 rings (SSSR count). The lowest BCUT2D eigenvalue weighted by molar-refractivity contribution is -0.115. The molecule has 0 aliphatic carbocycles. The van der Waals surface area contributed by atoms with Crippen molar-refractivity contribution in [2.75, 3.05) is 5.32 Å². The Kier molecular flexibility index (Phi) is 4.70. The summed E-state index contributed by atoms with van der Waals surface area (Å²) in [6, 6.07) is 5.63. The summed E-state index contributed by atoms with van der Waals surface area (Å²) < 4.78 is 22.5. The first kappa shape index (κ1) is 17.3. The number of anilines is 1. The van der Waals surface area contributed by atoms with Crippen LogP contribution in [0.3, 0.4) is 0 Å². The molecule has 2 aromatic heterocycles. The predicted molar refractivity (Wildman–Crippen MR) is 93.4 cm³/mol. The Hall–Kier alpha value is -2.50. The van der Waals surface area contributed by atoms with Crippen molar-refractivity contribution in [1.82, 2.24) is 19.9 Å². The summed E-state index contributed by atoms with van der Waals surface area (Å²) in [6.07, 6.45) is 2.91. The molecule has 2 heterocycles. The first-order chi connectivity index (χ1) is 11.8. The monoisotopic (exact) mass is 378 g/mol. The first-order valence-corrected chi connectivity index (χ1v) is 9.51. The number of carbonyl (C=O) groups is 1. The van der Waals surface area contributed by atoms with Crippen molar-refractivity contribution in [3.05, 3.63) is 36.9 Å². The number of carbonyl (C=O) groups excluding carboxylic acids is 1. The van der Waals surface area contributed by atoms with Crippen molar-refractivity contribution in [3.63, 3.8) is 0 Å². The minimum Gasteiger partial charge on any atom is -0.341 e. The SMILES string of the molecule is CC(Sc1ncnc2nc[nH]c12)C(=O)Nc1ccc(S(N)(=O)=O)cc1. The zero-order chi connectivity index (χ0) is 18.0. The van der Waals surface area contributed by atoms with Crippen LogP contribution in [0.4, 0.5) is 5.69 Å².